The number of aromatic nitrogens is 5. The molecule has 1 N–H and O–H groups in total. The number of rotatable bonds is 4. The third-order valence-corrected chi connectivity index (χ3v) is 3.44. The van der Waals surface area contributed by atoms with Crippen molar-refractivity contribution in [3.05, 3.63) is 72.9 Å². The molecule has 0 spiro atoms. The van der Waals surface area contributed by atoms with E-state index in [-0.39, 0.29) is 0 Å². The van der Waals surface area contributed by atoms with Gasteiger partial charge in [-0.15, -0.1) is 0 Å². The zero-order valence-electron chi connectivity index (χ0n) is 12.6. The minimum Gasteiger partial charge on any atom is -0.264 e. The molecule has 0 fully saturated rings. The number of benzene rings is 1. The van der Waals surface area contributed by atoms with Crippen LogP contribution in [0.4, 0.5) is 5.82 Å². The second-order valence-corrected chi connectivity index (χ2v) is 5.01. The third kappa shape index (κ3) is 2.70. The van der Waals surface area contributed by atoms with Gasteiger partial charge in [-0.1, -0.05) is 24.3 Å². The van der Waals surface area contributed by atoms with Gasteiger partial charge in [0.2, 0.25) is 0 Å². The van der Waals surface area contributed by atoms with E-state index >= 15 is 0 Å². The Bertz CT molecular complexity index is 978. The first-order chi connectivity index (χ1) is 11.9. The highest BCUT2D eigenvalue weighted by Crippen LogP contribution is 2.21. The molecule has 0 aliphatic carbocycles. The highest BCUT2D eigenvalue weighted by atomic mass is 15.3. The molecule has 7 nitrogen and oxygen atoms in total. The van der Waals surface area contributed by atoms with Crippen LogP contribution in [0.15, 0.2) is 72.5 Å². The second-order valence-electron chi connectivity index (χ2n) is 5.01. The number of para-hydroxylation sites is 1. The second kappa shape index (κ2) is 6.25. The van der Waals surface area contributed by atoms with Crippen molar-refractivity contribution >= 4 is 23.1 Å². The Kier molecular flexibility index (Phi) is 3.65. The Balaban J connectivity index is 1.65. The average Bonchev–Trinajstić information content (AvgIpc) is 3.08. The summed E-state index contributed by atoms with van der Waals surface area (Å²) >= 11 is 0. The van der Waals surface area contributed by atoms with Crippen LogP contribution in [-0.2, 0) is 0 Å². The number of nitrogens with zero attached hydrogens (tertiary/aromatic N) is 6. The summed E-state index contributed by atoms with van der Waals surface area (Å²) in [4.78, 5) is 12.6. The summed E-state index contributed by atoms with van der Waals surface area (Å²) in [5.74, 6) is 0.599. The van der Waals surface area contributed by atoms with Gasteiger partial charge in [0, 0.05) is 18.0 Å². The van der Waals surface area contributed by atoms with Crippen LogP contribution in [0.3, 0.4) is 0 Å². The van der Waals surface area contributed by atoms with Crippen molar-refractivity contribution in [2.45, 2.75) is 0 Å². The molecule has 0 radical (unpaired) electrons. The number of anilines is 1. The lowest BCUT2D eigenvalue weighted by molar-refractivity contribution is 0.895. The first-order valence-corrected chi connectivity index (χ1v) is 7.35. The maximum absolute atomic E-state index is 4.40. The molecule has 0 aliphatic heterocycles. The molecule has 3 aromatic heterocycles. The van der Waals surface area contributed by atoms with Gasteiger partial charge >= 0.3 is 0 Å². The van der Waals surface area contributed by atoms with Crippen molar-refractivity contribution in [1.82, 2.24) is 24.7 Å². The molecular weight excluding hydrogens is 302 g/mol. The zero-order valence-corrected chi connectivity index (χ0v) is 12.6. The summed E-state index contributed by atoms with van der Waals surface area (Å²) < 4.78 is 1.77. The monoisotopic (exact) mass is 315 g/mol. The van der Waals surface area contributed by atoms with Gasteiger partial charge in [-0.2, -0.15) is 10.2 Å². The van der Waals surface area contributed by atoms with Crippen molar-refractivity contribution in [1.29, 1.82) is 0 Å². The molecule has 24 heavy (non-hydrogen) atoms. The highest BCUT2D eigenvalue weighted by molar-refractivity contribution is 5.88. The largest absolute Gasteiger partial charge is 0.264 e. The molecule has 0 saturated carbocycles. The Morgan fingerprint density at radius 1 is 1.00 bits per heavy atom. The SMILES string of the molecule is C(=N/Nc1ncnc2c1cnn2-c1ccccc1)/c1cccnc1. The first kappa shape index (κ1) is 14.0. The van der Waals surface area contributed by atoms with E-state index in [0.29, 0.717) is 5.82 Å². The fraction of sp³-hybridized carbons (Fsp3) is 0. The van der Waals surface area contributed by atoms with Gasteiger partial charge < -0.3 is 0 Å². The fourth-order valence-corrected chi connectivity index (χ4v) is 2.31. The summed E-state index contributed by atoms with van der Waals surface area (Å²) in [6.45, 7) is 0. The Hall–Kier alpha value is -3.61. The number of fused-ring (bicyclic) bond motifs is 1. The number of hydrazone groups is 1. The van der Waals surface area contributed by atoms with E-state index in [1.54, 1.807) is 29.5 Å². The molecule has 4 aromatic rings. The van der Waals surface area contributed by atoms with Crippen molar-refractivity contribution in [3.8, 4) is 5.69 Å². The lowest BCUT2D eigenvalue weighted by Crippen LogP contribution is -1.99. The molecule has 1 aromatic carbocycles. The Morgan fingerprint density at radius 2 is 1.92 bits per heavy atom. The summed E-state index contributed by atoms with van der Waals surface area (Å²) in [6.07, 6.45) is 8.35. The number of hydrogen-bond donors (Lipinski definition) is 1. The van der Waals surface area contributed by atoms with Crippen LogP contribution in [0.1, 0.15) is 5.56 Å². The molecule has 0 saturated heterocycles. The van der Waals surface area contributed by atoms with Crippen LogP contribution in [0, 0.1) is 0 Å². The number of nitrogens with one attached hydrogen (secondary N) is 1. The van der Waals surface area contributed by atoms with Crippen LogP contribution in [0.25, 0.3) is 16.7 Å². The molecule has 3 heterocycles. The fourth-order valence-electron chi connectivity index (χ4n) is 2.31. The molecule has 116 valence electrons. The van der Waals surface area contributed by atoms with Crippen LogP contribution in [-0.4, -0.2) is 30.9 Å². The lowest BCUT2D eigenvalue weighted by Gasteiger charge is -2.03. The molecule has 0 aliphatic rings. The van der Waals surface area contributed by atoms with E-state index in [2.05, 4.69) is 30.6 Å². The third-order valence-electron chi connectivity index (χ3n) is 3.44. The van der Waals surface area contributed by atoms with E-state index in [1.807, 2.05) is 42.5 Å². The Labute approximate surface area is 137 Å². The molecular formula is C17H13N7. The van der Waals surface area contributed by atoms with Crippen LogP contribution >= 0.6 is 0 Å². The average molecular weight is 315 g/mol. The minimum atomic E-state index is 0.599. The topological polar surface area (TPSA) is 80.9 Å². The van der Waals surface area contributed by atoms with Gasteiger partial charge in [0.25, 0.3) is 0 Å². The molecule has 0 unspecified atom stereocenters. The summed E-state index contributed by atoms with van der Waals surface area (Å²) in [7, 11) is 0. The van der Waals surface area contributed by atoms with Crippen molar-refractivity contribution in [3.63, 3.8) is 0 Å². The van der Waals surface area contributed by atoms with Gasteiger partial charge in [-0.3, -0.25) is 10.4 Å². The first-order valence-electron chi connectivity index (χ1n) is 7.35. The summed E-state index contributed by atoms with van der Waals surface area (Å²) in [5.41, 5.74) is 5.50. The Morgan fingerprint density at radius 3 is 2.75 bits per heavy atom. The molecule has 7 heteroatoms. The van der Waals surface area contributed by atoms with Gasteiger partial charge in [0.1, 0.15) is 6.33 Å². The standard InChI is InChI=1S/C17H13N7/c1-2-6-14(7-3-1)24-17-15(11-22-24)16(19-12-20-17)23-21-10-13-5-4-8-18-9-13/h1-12H,(H,19,20,23)/b21-10-. The van der Waals surface area contributed by atoms with E-state index in [4.69, 9.17) is 0 Å². The number of hydrogen-bond acceptors (Lipinski definition) is 6. The predicted octanol–water partition coefficient (Wildman–Crippen LogP) is 2.66. The van der Waals surface area contributed by atoms with E-state index < -0.39 is 0 Å². The summed E-state index contributed by atoms with van der Waals surface area (Å²) in [5, 5.41) is 9.40. The van der Waals surface area contributed by atoms with Gasteiger partial charge in [0.15, 0.2) is 11.5 Å². The van der Waals surface area contributed by atoms with E-state index in [9.17, 15) is 0 Å². The van der Waals surface area contributed by atoms with E-state index in [1.165, 1.54) is 6.33 Å². The van der Waals surface area contributed by atoms with Crippen molar-refractivity contribution in [2.24, 2.45) is 5.10 Å². The van der Waals surface area contributed by atoms with Crippen LogP contribution in [0.5, 0.6) is 0 Å². The van der Waals surface area contributed by atoms with Crippen LogP contribution in [0.2, 0.25) is 0 Å². The molecule has 4 rings (SSSR count). The molecule has 0 atom stereocenters. The lowest BCUT2D eigenvalue weighted by atomic mass is 10.3. The van der Waals surface area contributed by atoms with Crippen molar-refractivity contribution in [2.75, 3.05) is 5.43 Å². The number of pyridine rings is 1. The van der Waals surface area contributed by atoms with Gasteiger partial charge in [-0.05, 0) is 18.2 Å². The smallest absolute Gasteiger partial charge is 0.168 e. The highest BCUT2D eigenvalue weighted by Gasteiger charge is 2.10. The zero-order chi connectivity index (χ0) is 16.2. The minimum absolute atomic E-state index is 0.599. The van der Waals surface area contributed by atoms with Gasteiger partial charge in [0.05, 0.1) is 23.5 Å². The van der Waals surface area contributed by atoms with Crippen molar-refractivity contribution < 1.29 is 0 Å². The molecule has 0 amide bonds. The molecule has 0 bridgehead atoms. The summed E-state index contributed by atoms with van der Waals surface area (Å²) in [6, 6.07) is 13.6. The maximum Gasteiger partial charge on any atom is 0.168 e. The van der Waals surface area contributed by atoms with Gasteiger partial charge in [-0.25, -0.2) is 14.6 Å². The maximum atomic E-state index is 4.40. The quantitative estimate of drug-likeness (QED) is 0.462. The predicted molar refractivity (Wildman–Crippen MR) is 92.1 cm³/mol. The van der Waals surface area contributed by atoms with Crippen LogP contribution < -0.4 is 5.43 Å². The van der Waals surface area contributed by atoms with E-state index in [0.717, 1.165) is 22.3 Å². The normalized spacial score (nSPS) is 11.2.